The van der Waals surface area contributed by atoms with Crippen molar-refractivity contribution in [1.82, 2.24) is 4.90 Å². The zero-order valence-corrected chi connectivity index (χ0v) is 6.91. The van der Waals surface area contributed by atoms with Crippen LogP contribution in [0.4, 0.5) is 4.79 Å². The third-order valence-corrected chi connectivity index (χ3v) is 2.24. The van der Waals surface area contributed by atoms with Crippen molar-refractivity contribution in [1.29, 1.82) is 0 Å². The van der Waals surface area contributed by atoms with Gasteiger partial charge in [-0.15, -0.1) is 0 Å². The lowest BCUT2D eigenvalue weighted by molar-refractivity contribution is -0.123. The first kappa shape index (κ1) is 8.83. The monoisotopic (exact) mass is 172 g/mol. The average molecular weight is 172 g/mol. The average Bonchev–Trinajstić information content (AvgIpc) is 2.68. The molecule has 0 radical (unpaired) electrons. The molecule has 0 aromatic carbocycles. The highest BCUT2D eigenvalue weighted by Gasteiger charge is 2.49. The van der Waals surface area contributed by atoms with Crippen molar-refractivity contribution in [3.05, 3.63) is 0 Å². The first-order chi connectivity index (χ1) is 5.48. The molecule has 1 aliphatic rings. The molecule has 0 heterocycles. The number of rotatable bonds is 3. The molecule has 0 aliphatic heterocycles. The molecule has 68 valence electrons. The highest BCUT2D eigenvalue weighted by atomic mass is 16.4. The van der Waals surface area contributed by atoms with E-state index in [1.165, 1.54) is 7.05 Å². The lowest BCUT2D eigenvalue weighted by atomic mass is 10.1. The number of nitrogens with two attached hydrogens (primary N) is 1. The van der Waals surface area contributed by atoms with Gasteiger partial charge in [0.15, 0.2) is 0 Å². The minimum absolute atomic E-state index is 0.220. The fourth-order valence-electron chi connectivity index (χ4n) is 1.15. The van der Waals surface area contributed by atoms with E-state index in [4.69, 9.17) is 10.8 Å². The number of hydrogen-bond donors (Lipinski definition) is 2. The predicted molar refractivity (Wildman–Crippen MR) is 41.5 cm³/mol. The number of amides is 2. The summed E-state index contributed by atoms with van der Waals surface area (Å²) >= 11 is 0. The Balaban J connectivity index is 2.51. The summed E-state index contributed by atoms with van der Waals surface area (Å²) in [6, 6.07) is 0. The molecule has 12 heavy (non-hydrogen) atoms. The highest BCUT2D eigenvalue weighted by Crippen LogP contribution is 2.45. The van der Waals surface area contributed by atoms with Gasteiger partial charge in [-0.05, 0) is 12.8 Å². The maximum Gasteiger partial charge on any atom is 0.407 e. The van der Waals surface area contributed by atoms with Crippen LogP contribution in [0.2, 0.25) is 0 Å². The summed E-state index contributed by atoms with van der Waals surface area (Å²) in [7, 11) is 1.44. The smallest absolute Gasteiger partial charge is 0.407 e. The Labute approximate surface area is 70.1 Å². The van der Waals surface area contributed by atoms with Gasteiger partial charge >= 0.3 is 6.09 Å². The lowest BCUT2D eigenvalue weighted by Crippen LogP contribution is -2.38. The van der Waals surface area contributed by atoms with E-state index in [0.717, 1.165) is 4.90 Å². The number of nitrogens with zero attached hydrogens (tertiary/aromatic N) is 1. The molecule has 1 saturated carbocycles. The number of carboxylic acid groups (broad SMARTS) is 1. The molecule has 1 fully saturated rings. The van der Waals surface area contributed by atoms with E-state index in [2.05, 4.69) is 0 Å². The normalized spacial score (nSPS) is 18.4. The molecule has 5 heteroatoms. The molecule has 2 amide bonds. The van der Waals surface area contributed by atoms with Crippen LogP contribution in [-0.2, 0) is 4.79 Å². The molecular weight excluding hydrogens is 160 g/mol. The molecule has 5 nitrogen and oxygen atoms in total. The van der Waals surface area contributed by atoms with Gasteiger partial charge in [0.25, 0.3) is 0 Å². The number of hydrogen-bond acceptors (Lipinski definition) is 2. The molecule has 0 aromatic rings. The summed E-state index contributed by atoms with van der Waals surface area (Å²) < 4.78 is 0. The molecule has 0 unspecified atom stereocenters. The zero-order chi connectivity index (χ0) is 9.35. The number of primary amides is 1. The second kappa shape index (κ2) is 2.66. The fraction of sp³-hybridized carbons (Fsp3) is 0.714. The van der Waals surface area contributed by atoms with Crippen LogP contribution in [0.3, 0.4) is 0 Å². The van der Waals surface area contributed by atoms with E-state index in [9.17, 15) is 9.59 Å². The topological polar surface area (TPSA) is 83.6 Å². The maximum absolute atomic E-state index is 10.8. The van der Waals surface area contributed by atoms with Crippen LogP contribution in [0.25, 0.3) is 0 Å². The van der Waals surface area contributed by atoms with Crippen molar-refractivity contribution in [3.63, 3.8) is 0 Å². The highest BCUT2D eigenvalue weighted by molar-refractivity contribution is 5.84. The van der Waals surface area contributed by atoms with Gasteiger partial charge in [-0.3, -0.25) is 4.79 Å². The summed E-state index contributed by atoms with van der Waals surface area (Å²) in [5, 5.41) is 8.53. The molecule has 0 aromatic heterocycles. The molecule has 1 rings (SSSR count). The summed E-state index contributed by atoms with van der Waals surface area (Å²) in [5.41, 5.74) is 4.56. The summed E-state index contributed by atoms with van der Waals surface area (Å²) in [4.78, 5) is 22.3. The van der Waals surface area contributed by atoms with Gasteiger partial charge in [0, 0.05) is 13.6 Å². The van der Waals surface area contributed by atoms with Gasteiger partial charge in [-0.25, -0.2) is 4.79 Å². The van der Waals surface area contributed by atoms with E-state index < -0.39 is 17.4 Å². The van der Waals surface area contributed by atoms with Crippen LogP contribution >= 0.6 is 0 Å². The van der Waals surface area contributed by atoms with Gasteiger partial charge in [0.1, 0.15) is 0 Å². The minimum atomic E-state index is -1.03. The second-order valence-corrected chi connectivity index (χ2v) is 3.28. The lowest BCUT2D eigenvalue weighted by Gasteiger charge is -2.18. The quantitative estimate of drug-likeness (QED) is 0.621. The Morgan fingerprint density at radius 2 is 2.08 bits per heavy atom. The van der Waals surface area contributed by atoms with Crippen LogP contribution in [0, 0.1) is 5.41 Å². The summed E-state index contributed by atoms with van der Waals surface area (Å²) in [6.45, 7) is 0.220. The second-order valence-electron chi connectivity index (χ2n) is 3.28. The Morgan fingerprint density at radius 3 is 2.33 bits per heavy atom. The summed E-state index contributed by atoms with van der Waals surface area (Å²) in [6.07, 6.45) is 0.391. The predicted octanol–water partition coefficient (Wildman–Crippen LogP) is -0.138. The van der Waals surface area contributed by atoms with E-state index in [-0.39, 0.29) is 6.54 Å². The number of carbonyl (C=O) groups excluding carboxylic acids is 1. The zero-order valence-electron chi connectivity index (χ0n) is 6.91. The van der Waals surface area contributed by atoms with E-state index >= 15 is 0 Å². The molecule has 0 atom stereocenters. The Hall–Kier alpha value is -1.26. The van der Waals surface area contributed by atoms with Crippen LogP contribution in [0.15, 0.2) is 0 Å². The van der Waals surface area contributed by atoms with E-state index in [1.807, 2.05) is 0 Å². The van der Waals surface area contributed by atoms with Gasteiger partial charge in [-0.1, -0.05) is 0 Å². The van der Waals surface area contributed by atoms with Crippen molar-refractivity contribution in [3.8, 4) is 0 Å². The third-order valence-electron chi connectivity index (χ3n) is 2.24. The standard InChI is InChI=1S/C7H12N2O3/c1-9(6(11)12)4-7(2-3-7)5(8)10/h2-4H2,1H3,(H2,8,10)(H,11,12). The van der Waals surface area contributed by atoms with Crippen molar-refractivity contribution in [2.24, 2.45) is 11.1 Å². The van der Waals surface area contributed by atoms with Gasteiger partial charge in [0.05, 0.1) is 5.41 Å². The number of carbonyl (C=O) groups is 2. The minimum Gasteiger partial charge on any atom is -0.465 e. The third kappa shape index (κ3) is 1.49. The van der Waals surface area contributed by atoms with Crippen LogP contribution < -0.4 is 5.73 Å². The van der Waals surface area contributed by atoms with E-state index in [0.29, 0.717) is 12.8 Å². The first-order valence-electron chi connectivity index (χ1n) is 3.72. The largest absolute Gasteiger partial charge is 0.465 e. The Bertz CT molecular complexity index is 223. The molecule has 0 saturated heterocycles. The SMILES string of the molecule is CN(CC1(C(N)=O)CC1)C(=O)O. The van der Waals surface area contributed by atoms with Crippen molar-refractivity contribution in [2.75, 3.05) is 13.6 Å². The van der Waals surface area contributed by atoms with E-state index in [1.54, 1.807) is 0 Å². The van der Waals surface area contributed by atoms with Gasteiger partial charge in [-0.2, -0.15) is 0 Å². The molecular formula is C7H12N2O3. The van der Waals surface area contributed by atoms with Crippen LogP contribution in [0.5, 0.6) is 0 Å². The molecule has 1 aliphatic carbocycles. The Kier molecular flexibility index (Phi) is 1.95. The maximum atomic E-state index is 10.8. The van der Waals surface area contributed by atoms with Crippen LogP contribution in [-0.4, -0.2) is 35.6 Å². The molecule has 3 N–H and O–H groups in total. The van der Waals surface area contributed by atoms with Crippen molar-refractivity contribution < 1.29 is 14.7 Å². The van der Waals surface area contributed by atoms with Gasteiger partial charge < -0.3 is 15.7 Å². The molecule has 0 bridgehead atoms. The molecule has 0 spiro atoms. The van der Waals surface area contributed by atoms with Gasteiger partial charge in [0.2, 0.25) is 5.91 Å². The first-order valence-corrected chi connectivity index (χ1v) is 3.72. The summed E-state index contributed by atoms with van der Waals surface area (Å²) in [5.74, 6) is -0.393. The van der Waals surface area contributed by atoms with Crippen molar-refractivity contribution >= 4 is 12.0 Å². The fourth-order valence-corrected chi connectivity index (χ4v) is 1.15. The van der Waals surface area contributed by atoms with Crippen LogP contribution in [0.1, 0.15) is 12.8 Å². The van der Waals surface area contributed by atoms with Crippen molar-refractivity contribution in [2.45, 2.75) is 12.8 Å². The Morgan fingerprint density at radius 1 is 1.58 bits per heavy atom.